The van der Waals surface area contributed by atoms with Crippen molar-refractivity contribution in [1.82, 2.24) is 0 Å². The molecule has 0 spiro atoms. The topological polar surface area (TPSA) is 88.4 Å². The average Bonchev–Trinajstić information content (AvgIpc) is 2.61. The number of rotatable bonds is 4. The summed E-state index contributed by atoms with van der Waals surface area (Å²) in [4.78, 5) is 24.7. The Kier molecular flexibility index (Phi) is 5.00. The highest BCUT2D eigenvalue weighted by molar-refractivity contribution is 9.10. The highest BCUT2D eigenvalue weighted by Gasteiger charge is 2.22. The van der Waals surface area contributed by atoms with Crippen LogP contribution in [0.5, 0.6) is 11.5 Å². The molecule has 2 aromatic carbocycles. The first-order valence-electron chi connectivity index (χ1n) is 7.49. The van der Waals surface area contributed by atoms with E-state index < -0.39 is 5.91 Å². The van der Waals surface area contributed by atoms with Gasteiger partial charge in [-0.2, -0.15) is 5.26 Å². The van der Waals surface area contributed by atoms with Crippen molar-refractivity contribution < 1.29 is 19.1 Å². The van der Waals surface area contributed by atoms with Gasteiger partial charge >= 0.3 is 0 Å². The number of hydrogen-bond acceptors (Lipinski definition) is 5. The van der Waals surface area contributed by atoms with Gasteiger partial charge in [-0.25, -0.2) is 0 Å². The van der Waals surface area contributed by atoms with Gasteiger partial charge in [0.05, 0.1) is 17.3 Å². The van der Waals surface area contributed by atoms with Crippen molar-refractivity contribution in [1.29, 1.82) is 5.26 Å². The molecule has 1 aliphatic heterocycles. The number of fused-ring (bicyclic) bond motifs is 1. The van der Waals surface area contributed by atoms with E-state index in [1.165, 1.54) is 0 Å². The van der Waals surface area contributed by atoms with Crippen molar-refractivity contribution in [3.63, 3.8) is 0 Å². The summed E-state index contributed by atoms with van der Waals surface area (Å²) in [5.41, 5.74) is 1.03. The number of carbonyl (C=O) groups is 2. The first-order chi connectivity index (χ1) is 12.1. The Bertz CT molecular complexity index is 872. The van der Waals surface area contributed by atoms with Gasteiger partial charge in [0, 0.05) is 16.1 Å². The lowest BCUT2D eigenvalue weighted by Crippen LogP contribution is -2.19. The zero-order valence-electron chi connectivity index (χ0n) is 13.0. The predicted molar refractivity (Wildman–Crippen MR) is 93.9 cm³/mol. The summed E-state index contributed by atoms with van der Waals surface area (Å²) in [6, 6.07) is 11.8. The summed E-state index contributed by atoms with van der Waals surface area (Å²) in [6.45, 7) is 0.775. The molecule has 1 aliphatic rings. The summed E-state index contributed by atoms with van der Waals surface area (Å²) in [7, 11) is 0. The molecule has 0 saturated carbocycles. The van der Waals surface area contributed by atoms with Gasteiger partial charge in [-0.05, 0) is 30.3 Å². The van der Waals surface area contributed by atoms with E-state index >= 15 is 0 Å². The summed E-state index contributed by atoms with van der Waals surface area (Å²) < 4.78 is 11.9. The molecular weight excluding hydrogens is 388 g/mol. The molecule has 0 radical (unpaired) electrons. The monoisotopic (exact) mass is 400 g/mol. The Balaban J connectivity index is 2.03. The largest absolute Gasteiger partial charge is 0.486 e. The summed E-state index contributed by atoms with van der Waals surface area (Å²) >= 11 is 3.33. The van der Waals surface area contributed by atoms with Crippen LogP contribution in [0.25, 0.3) is 0 Å². The third kappa shape index (κ3) is 3.80. The molecule has 0 fully saturated rings. The zero-order valence-corrected chi connectivity index (χ0v) is 14.6. The molecular formula is C18H13BrN2O4. The normalized spacial score (nSPS) is 12.2. The van der Waals surface area contributed by atoms with Crippen LogP contribution in [-0.4, -0.2) is 24.9 Å². The van der Waals surface area contributed by atoms with Crippen LogP contribution in [0, 0.1) is 11.3 Å². The third-order valence-corrected chi connectivity index (χ3v) is 4.08. The van der Waals surface area contributed by atoms with Crippen LogP contribution in [0.3, 0.4) is 0 Å². The first-order valence-corrected chi connectivity index (χ1v) is 8.28. The first kappa shape index (κ1) is 17.0. The van der Waals surface area contributed by atoms with Gasteiger partial charge < -0.3 is 14.8 Å². The molecule has 0 bridgehead atoms. The van der Waals surface area contributed by atoms with E-state index in [1.54, 1.807) is 42.5 Å². The second-order valence-electron chi connectivity index (χ2n) is 5.26. The van der Waals surface area contributed by atoms with Crippen LogP contribution in [0.4, 0.5) is 5.69 Å². The fourth-order valence-corrected chi connectivity index (χ4v) is 2.67. The van der Waals surface area contributed by atoms with E-state index in [0.717, 1.165) is 4.47 Å². The van der Waals surface area contributed by atoms with Gasteiger partial charge in [0.1, 0.15) is 19.6 Å². The van der Waals surface area contributed by atoms with Crippen LogP contribution >= 0.6 is 15.9 Å². The second-order valence-corrected chi connectivity index (χ2v) is 6.18. The lowest BCUT2D eigenvalue weighted by molar-refractivity contribution is -0.115. The molecule has 0 aliphatic carbocycles. The number of carbonyl (C=O) groups excluding carboxylic acids is 2. The van der Waals surface area contributed by atoms with Crippen molar-refractivity contribution in [3.8, 4) is 17.6 Å². The average molecular weight is 401 g/mol. The molecule has 1 N–H and O–H groups in total. The predicted octanol–water partition coefficient (Wildman–Crippen LogP) is 3.30. The molecule has 2 aromatic rings. The maximum Gasteiger partial charge on any atom is 0.238 e. The minimum Gasteiger partial charge on any atom is -0.486 e. The number of anilines is 1. The summed E-state index contributed by atoms with van der Waals surface area (Å²) in [5.74, 6) is 0.136. The maximum absolute atomic E-state index is 12.9. The van der Waals surface area contributed by atoms with Crippen molar-refractivity contribution in [2.75, 3.05) is 18.5 Å². The van der Waals surface area contributed by atoms with Crippen molar-refractivity contribution in [3.05, 3.63) is 52.0 Å². The minimum atomic E-state index is -0.496. The molecule has 25 heavy (non-hydrogen) atoms. The molecule has 0 saturated heterocycles. The number of nitrogens with one attached hydrogen (secondary N) is 1. The Labute approximate surface area is 152 Å². The van der Waals surface area contributed by atoms with Crippen LogP contribution < -0.4 is 14.8 Å². The van der Waals surface area contributed by atoms with Crippen molar-refractivity contribution in [2.45, 2.75) is 6.42 Å². The number of hydrogen-bond donors (Lipinski definition) is 1. The summed E-state index contributed by atoms with van der Waals surface area (Å²) in [5, 5.41) is 11.3. The molecule has 1 amide bonds. The Morgan fingerprint density at radius 1 is 1.12 bits per heavy atom. The van der Waals surface area contributed by atoms with Crippen molar-refractivity contribution in [2.24, 2.45) is 0 Å². The number of halogens is 1. The van der Waals surface area contributed by atoms with E-state index in [4.69, 9.17) is 14.7 Å². The fraction of sp³-hybridized carbons (Fsp3) is 0.167. The fourth-order valence-electron chi connectivity index (χ4n) is 2.40. The van der Waals surface area contributed by atoms with Gasteiger partial charge in [0.2, 0.25) is 5.91 Å². The maximum atomic E-state index is 12.9. The van der Waals surface area contributed by atoms with E-state index in [-0.39, 0.29) is 23.5 Å². The minimum absolute atomic E-state index is 0.267. The second kappa shape index (κ2) is 7.36. The molecule has 7 heteroatoms. The smallest absolute Gasteiger partial charge is 0.238 e. The van der Waals surface area contributed by atoms with Crippen molar-refractivity contribution >= 4 is 33.3 Å². The molecule has 126 valence electrons. The lowest BCUT2D eigenvalue weighted by Gasteiger charge is -2.21. The number of ketones is 1. The zero-order chi connectivity index (χ0) is 17.8. The highest BCUT2D eigenvalue weighted by atomic mass is 79.9. The molecule has 0 atom stereocenters. The molecule has 0 aromatic heterocycles. The number of nitrogens with zero attached hydrogens (tertiary/aromatic N) is 1. The standard InChI is InChI=1S/C18H13BrN2O4/c19-12-3-1-11(2-4-12)18(23)13-9-15-16(25-8-7-24-15)10-14(13)21-17(22)5-6-20/h1-4,9-10H,5,7-8H2,(H,21,22). The SMILES string of the molecule is N#CCC(=O)Nc1cc2c(cc1C(=O)c1ccc(Br)cc1)OCCO2. The van der Waals surface area contributed by atoms with Gasteiger partial charge in [-0.15, -0.1) is 0 Å². The highest BCUT2D eigenvalue weighted by Crippen LogP contribution is 2.36. The van der Waals surface area contributed by atoms with Gasteiger partial charge in [0.15, 0.2) is 17.3 Å². The van der Waals surface area contributed by atoms with Crippen LogP contribution in [-0.2, 0) is 4.79 Å². The Hall–Kier alpha value is -2.85. The molecule has 6 nitrogen and oxygen atoms in total. The molecule has 3 rings (SSSR count). The molecule has 1 heterocycles. The van der Waals surface area contributed by atoms with Gasteiger partial charge in [-0.3, -0.25) is 9.59 Å². The summed E-state index contributed by atoms with van der Waals surface area (Å²) in [6.07, 6.45) is -0.305. The number of ether oxygens (including phenoxy) is 2. The van der Waals surface area contributed by atoms with Crippen LogP contribution in [0.2, 0.25) is 0 Å². The molecule has 0 unspecified atom stereocenters. The van der Waals surface area contributed by atoms with E-state index in [0.29, 0.717) is 30.3 Å². The number of nitriles is 1. The lowest BCUT2D eigenvalue weighted by atomic mass is 10.0. The van der Waals surface area contributed by atoms with E-state index in [9.17, 15) is 9.59 Å². The van der Waals surface area contributed by atoms with Gasteiger partial charge in [0.25, 0.3) is 0 Å². The van der Waals surface area contributed by atoms with Crippen LogP contribution in [0.1, 0.15) is 22.3 Å². The van der Waals surface area contributed by atoms with Gasteiger partial charge in [-0.1, -0.05) is 15.9 Å². The van der Waals surface area contributed by atoms with Crippen LogP contribution in [0.15, 0.2) is 40.9 Å². The number of amides is 1. The quantitative estimate of drug-likeness (QED) is 0.795. The third-order valence-electron chi connectivity index (χ3n) is 3.55. The number of benzene rings is 2. The Morgan fingerprint density at radius 2 is 1.76 bits per heavy atom. The van der Waals surface area contributed by atoms with E-state index in [2.05, 4.69) is 21.2 Å². The Morgan fingerprint density at radius 3 is 2.40 bits per heavy atom. The van der Waals surface area contributed by atoms with E-state index in [1.807, 2.05) is 0 Å².